The zero-order valence-corrected chi connectivity index (χ0v) is 18.1. The van der Waals surface area contributed by atoms with Gasteiger partial charge in [0.2, 0.25) is 5.91 Å². The number of sulfonamides is 1. The summed E-state index contributed by atoms with van der Waals surface area (Å²) in [7, 11) is -4.06. The van der Waals surface area contributed by atoms with Crippen molar-refractivity contribution in [3.8, 4) is 0 Å². The van der Waals surface area contributed by atoms with E-state index >= 15 is 0 Å². The van der Waals surface area contributed by atoms with Gasteiger partial charge in [-0.25, -0.2) is 17.9 Å². The van der Waals surface area contributed by atoms with Crippen LogP contribution in [0.3, 0.4) is 0 Å². The van der Waals surface area contributed by atoms with E-state index in [4.69, 9.17) is 5.11 Å². The number of carboxylic acids is 1. The molecule has 1 amide bonds. The van der Waals surface area contributed by atoms with Crippen molar-refractivity contribution in [2.75, 3.05) is 0 Å². The molecule has 0 saturated heterocycles. The fourth-order valence-electron chi connectivity index (χ4n) is 3.26. The third-order valence-electron chi connectivity index (χ3n) is 4.93. The van der Waals surface area contributed by atoms with Gasteiger partial charge < -0.3 is 5.11 Å². The number of hydrogen-bond acceptors (Lipinski definition) is 7. The Morgan fingerprint density at radius 1 is 0.938 bits per heavy atom. The first-order valence-corrected chi connectivity index (χ1v) is 11.7. The SMILES string of the molecule is O=C(O)c1ccc(CC(C(=O)NS(=O)(=O)c2ccccc2)c2ccc3nsnc3c2)cc1. The number of carbonyl (C=O) groups is 2. The molecule has 10 heteroatoms. The van der Waals surface area contributed by atoms with Gasteiger partial charge in [0.15, 0.2) is 0 Å². The van der Waals surface area contributed by atoms with Crippen molar-refractivity contribution in [3.05, 3.63) is 89.5 Å². The molecular formula is C22H17N3O5S2. The van der Waals surface area contributed by atoms with E-state index in [0.29, 0.717) is 22.2 Å². The number of aromatic nitrogens is 2. The zero-order valence-electron chi connectivity index (χ0n) is 16.5. The first kappa shape index (κ1) is 21.6. The second-order valence-electron chi connectivity index (χ2n) is 7.05. The predicted octanol–water partition coefficient (Wildman–Crippen LogP) is 3.22. The molecule has 0 aliphatic heterocycles. The summed E-state index contributed by atoms with van der Waals surface area (Å²) in [6.45, 7) is 0. The van der Waals surface area contributed by atoms with E-state index < -0.39 is 27.8 Å². The molecule has 1 heterocycles. The molecular weight excluding hydrogens is 450 g/mol. The van der Waals surface area contributed by atoms with Crippen molar-refractivity contribution < 1.29 is 23.1 Å². The molecule has 0 fully saturated rings. The zero-order chi connectivity index (χ0) is 22.7. The van der Waals surface area contributed by atoms with E-state index in [1.54, 1.807) is 48.5 Å². The van der Waals surface area contributed by atoms with Gasteiger partial charge in [0, 0.05) is 0 Å². The number of amides is 1. The van der Waals surface area contributed by atoms with Gasteiger partial charge in [0.1, 0.15) is 11.0 Å². The van der Waals surface area contributed by atoms with Gasteiger partial charge in [0.25, 0.3) is 10.0 Å². The minimum absolute atomic E-state index is 0.0166. The Hall–Kier alpha value is -3.63. The topological polar surface area (TPSA) is 126 Å². The lowest BCUT2D eigenvalue weighted by atomic mass is 9.91. The number of fused-ring (bicyclic) bond motifs is 1. The Balaban J connectivity index is 1.67. The standard InChI is InChI=1S/C22H17N3O5S2/c26-21(25-32(29,30)17-4-2-1-3-5-17)18(12-14-6-8-15(9-7-14)22(27)28)16-10-11-19-20(13-16)24-31-23-19/h1-11,13,18H,12H2,(H,25,26)(H,27,28). The molecule has 0 radical (unpaired) electrons. The number of rotatable bonds is 7. The Bertz CT molecular complexity index is 1380. The molecule has 2 N–H and O–H groups in total. The molecule has 4 aromatic rings. The van der Waals surface area contributed by atoms with Crippen molar-refractivity contribution in [1.29, 1.82) is 0 Å². The highest BCUT2D eigenvalue weighted by Crippen LogP contribution is 2.26. The summed E-state index contributed by atoms with van der Waals surface area (Å²) in [5.41, 5.74) is 2.67. The summed E-state index contributed by atoms with van der Waals surface area (Å²) < 4.78 is 35.9. The van der Waals surface area contributed by atoms with Crippen LogP contribution in [0.2, 0.25) is 0 Å². The Labute approximate surface area is 187 Å². The van der Waals surface area contributed by atoms with Crippen LogP contribution >= 0.6 is 11.7 Å². The molecule has 32 heavy (non-hydrogen) atoms. The fraction of sp³-hybridized carbons (Fsp3) is 0.0909. The highest BCUT2D eigenvalue weighted by Gasteiger charge is 2.27. The quantitative estimate of drug-likeness (QED) is 0.427. The molecule has 1 unspecified atom stereocenters. The minimum Gasteiger partial charge on any atom is -0.478 e. The summed E-state index contributed by atoms with van der Waals surface area (Å²) in [5.74, 6) is -2.60. The molecule has 4 rings (SSSR count). The smallest absolute Gasteiger partial charge is 0.335 e. The van der Waals surface area contributed by atoms with Crippen molar-refractivity contribution >= 4 is 44.7 Å². The second kappa shape index (κ2) is 8.85. The highest BCUT2D eigenvalue weighted by atomic mass is 32.2. The van der Waals surface area contributed by atoms with Crippen LogP contribution in [0.25, 0.3) is 11.0 Å². The highest BCUT2D eigenvalue weighted by molar-refractivity contribution is 7.90. The lowest BCUT2D eigenvalue weighted by Gasteiger charge is -2.18. The summed E-state index contributed by atoms with van der Waals surface area (Å²) in [6, 6.07) is 18.9. The first-order valence-electron chi connectivity index (χ1n) is 9.50. The molecule has 0 aliphatic rings. The maximum absolute atomic E-state index is 13.2. The summed E-state index contributed by atoms with van der Waals surface area (Å²) in [5, 5.41) is 9.10. The minimum atomic E-state index is -4.06. The van der Waals surface area contributed by atoms with E-state index in [1.807, 2.05) is 0 Å². The Kier molecular flexibility index (Phi) is 5.97. The molecule has 0 bridgehead atoms. The predicted molar refractivity (Wildman–Crippen MR) is 119 cm³/mol. The van der Waals surface area contributed by atoms with Crippen molar-refractivity contribution in [2.24, 2.45) is 0 Å². The molecule has 162 valence electrons. The molecule has 8 nitrogen and oxygen atoms in total. The maximum atomic E-state index is 13.2. The fourth-order valence-corrected chi connectivity index (χ4v) is 4.82. The van der Waals surface area contributed by atoms with E-state index in [2.05, 4.69) is 13.5 Å². The van der Waals surface area contributed by atoms with Gasteiger partial charge in [-0.1, -0.05) is 36.4 Å². The summed E-state index contributed by atoms with van der Waals surface area (Å²) in [4.78, 5) is 24.3. The van der Waals surface area contributed by atoms with Crippen LogP contribution in [0, 0.1) is 0 Å². The maximum Gasteiger partial charge on any atom is 0.335 e. The van der Waals surface area contributed by atoms with Gasteiger partial charge >= 0.3 is 5.97 Å². The van der Waals surface area contributed by atoms with E-state index in [1.165, 1.54) is 24.3 Å². The molecule has 3 aromatic carbocycles. The van der Waals surface area contributed by atoms with Gasteiger partial charge in [-0.2, -0.15) is 8.75 Å². The molecule has 1 aromatic heterocycles. The van der Waals surface area contributed by atoms with Gasteiger partial charge in [-0.15, -0.1) is 0 Å². The number of hydrogen-bond donors (Lipinski definition) is 2. The normalized spacial score (nSPS) is 12.4. The van der Waals surface area contributed by atoms with Crippen LogP contribution in [0.15, 0.2) is 77.7 Å². The number of benzene rings is 3. The molecule has 0 spiro atoms. The molecule has 1 atom stereocenters. The van der Waals surface area contributed by atoms with Gasteiger partial charge in [-0.3, -0.25) is 4.79 Å². The first-order chi connectivity index (χ1) is 15.3. The third kappa shape index (κ3) is 4.66. The van der Waals surface area contributed by atoms with E-state index in [0.717, 1.165) is 11.7 Å². The van der Waals surface area contributed by atoms with Gasteiger partial charge in [-0.05, 0) is 53.9 Å². The van der Waals surface area contributed by atoms with Crippen molar-refractivity contribution in [3.63, 3.8) is 0 Å². The average molecular weight is 468 g/mol. The van der Waals surface area contributed by atoms with Gasteiger partial charge in [0.05, 0.1) is 28.1 Å². The summed E-state index contributed by atoms with van der Waals surface area (Å²) in [6.07, 6.45) is 0.166. The molecule has 0 saturated carbocycles. The lowest BCUT2D eigenvalue weighted by Crippen LogP contribution is -2.35. The second-order valence-corrected chi connectivity index (χ2v) is 9.26. The number of nitrogens with one attached hydrogen (secondary N) is 1. The monoisotopic (exact) mass is 467 g/mol. The lowest BCUT2D eigenvalue weighted by molar-refractivity contribution is -0.120. The number of carboxylic acid groups (broad SMARTS) is 1. The van der Waals surface area contributed by atoms with Crippen LogP contribution in [-0.2, 0) is 21.2 Å². The van der Waals surface area contributed by atoms with E-state index in [9.17, 15) is 18.0 Å². The Morgan fingerprint density at radius 2 is 1.62 bits per heavy atom. The molecule has 0 aliphatic carbocycles. The van der Waals surface area contributed by atoms with Crippen LogP contribution < -0.4 is 4.72 Å². The average Bonchev–Trinajstić information content (AvgIpc) is 3.26. The van der Waals surface area contributed by atoms with E-state index in [-0.39, 0.29) is 16.9 Å². The van der Waals surface area contributed by atoms with Crippen LogP contribution in [0.1, 0.15) is 27.4 Å². The third-order valence-corrected chi connectivity index (χ3v) is 6.85. The van der Waals surface area contributed by atoms with Crippen LogP contribution in [0.4, 0.5) is 0 Å². The number of nitrogens with zero attached hydrogens (tertiary/aromatic N) is 2. The number of carbonyl (C=O) groups excluding carboxylic acids is 1. The van der Waals surface area contributed by atoms with Crippen molar-refractivity contribution in [2.45, 2.75) is 17.2 Å². The summed E-state index contributed by atoms with van der Waals surface area (Å²) >= 11 is 1.05. The van der Waals surface area contributed by atoms with Crippen LogP contribution in [0.5, 0.6) is 0 Å². The van der Waals surface area contributed by atoms with Crippen molar-refractivity contribution in [1.82, 2.24) is 13.5 Å². The number of aromatic carboxylic acids is 1. The largest absolute Gasteiger partial charge is 0.478 e. The Morgan fingerprint density at radius 3 is 2.31 bits per heavy atom. The van der Waals surface area contributed by atoms with Crippen LogP contribution in [-0.4, -0.2) is 34.1 Å².